The Morgan fingerprint density at radius 2 is 2.18 bits per heavy atom. The van der Waals surface area contributed by atoms with Gasteiger partial charge in [-0.05, 0) is 50.8 Å². The molecule has 6 nitrogen and oxygen atoms in total. The molecule has 1 saturated carbocycles. The van der Waals surface area contributed by atoms with Crippen LogP contribution < -0.4 is 10.2 Å². The van der Waals surface area contributed by atoms with E-state index in [1.165, 1.54) is 18.2 Å². The summed E-state index contributed by atoms with van der Waals surface area (Å²) >= 11 is 0. The number of amides is 2. The maximum Gasteiger partial charge on any atom is 0.251 e. The van der Waals surface area contributed by atoms with E-state index in [1.54, 1.807) is 23.4 Å². The van der Waals surface area contributed by atoms with E-state index in [0.717, 1.165) is 31.4 Å². The van der Waals surface area contributed by atoms with E-state index in [-0.39, 0.29) is 17.9 Å². The second kappa shape index (κ2) is 7.30. The van der Waals surface area contributed by atoms with E-state index in [4.69, 9.17) is 0 Å². The molecule has 1 aliphatic carbocycles. The number of benzene rings is 1. The van der Waals surface area contributed by atoms with E-state index in [1.807, 2.05) is 6.92 Å². The fourth-order valence-corrected chi connectivity index (χ4v) is 4.43. The van der Waals surface area contributed by atoms with Crippen LogP contribution in [0.3, 0.4) is 0 Å². The zero-order valence-corrected chi connectivity index (χ0v) is 15.8. The Labute approximate surface area is 163 Å². The maximum absolute atomic E-state index is 13.4. The van der Waals surface area contributed by atoms with E-state index in [2.05, 4.69) is 15.3 Å². The summed E-state index contributed by atoms with van der Waals surface area (Å²) in [5.74, 6) is -0.0769. The van der Waals surface area contributed by atoms with Gasteiger partial charge in [0.25, 0.3) is 5.91 Å². The van der Waals surface area contributed by atoms with Gasteiger partial charge < -0.3 is 5.32 Å². The van der Waals surface area contributed by atoms with Crippen LogP contribution >= 0.6 is 0 Å². The van der Waals surface area contributed by atoms with Gasteiger partial charge in [0.05, 0.1) is 17.3 Å². The van der Waals surface area contributed by atoms with Gasteiger partial charge in [-0.25, -0.2) is 9.37 Å². The van der Waals surface area contributed by atoms with Crippen LogP contribution in [0, 0.1) is 18.2 Å². The average molecular weight is 382 g/mol. The first-order chi connectivity index (χ1) is 13.5. The molecule has 2 amide bonds. The number of aryl methyl sites for hydroxylation is 1. The Hall–Kier alpha value is -2.83. The van der Waals surface area contributed by atoms with Gasteiger partial charge >= 0.3 is 0 Å². The number of nitrogens with zero attached hydrogens (tertiary/aromatic N) is 3. The number of anilines is 1. The number of hydrogen-bond donors (Lipinski definition) is 1. The number of aromatic nitrogens is 2. The Morgan fingerprint density at radius 3 is 2.96 bits per heavy atom. The number of halogens is 1. The molecule has 1 aliphatic heterocycles. The lowest BCUT2D eigenvalue weighted by Crippen LogP contribution is -2.46. The van der Waals surface area contributed by atoms with Gasteiger partial charge in [0.15, 0.2) is 5.82 Å². The monoisotopic (exact) mass is 382 g/mol. The second-order valence-electron chi connectivity index (χ2n) is 7.78. The summed E-state index contributed by atoms with van der Waals surface area (Å²) in [6.07, 6.45) is 7.13. The molecule has 7 heteroatoms. The summed E-state index contributed by atoms with van der Waals surface area (Å²) in [7, 11) is 0. The maximum atomic E-state index is 13.4. The Kier molecular flexibility index (Phi) is 4.83. The van der Waals surface area contributed by atoms with Crippen molar-refractivity contribution >= 4 is 17.6 Å². The summed E-state index contributed by atoms with van der Waals surface area (Å²) in [4.78, 5) is 36.0. The third-order valence-corrected chi connectivity index (χ3v) is 5.80. The fraction of sp³-hybridized carbons (Fsp3) is 0.429. The van der Waals surface area contributed by atoms with Gasteiger partial charge in [-0.15, -0.1) is 0 Å². The highest BCUT2D eigenvalue weighted by atomic mass is 19.1. The predicted molar refractivity (Wildman–Crippen MR) is 102 cm³/mol. The number of carbonyl (C=O) groups is 2. The number of carbonyl (C=O) groups excluding carboxylic acids is 2. The van der Waals surface area contributed by atoms with Gasteiger partial charge in [-0.1, -0.05) is 12.5 Å². The number of hydrogen-bond acceptors (Lipinski definition) is 4. The zero-order valence-electron chi connectivity index (χ0n) is 15.8. The smallest absolute Gasteiger partial charge is 0.251 e. The minimum Gasteiger partial charge on any atom is -0.349 e. The van der Waals surface area contributed by atoms with Crippen molar-refractivity contribution in [2.75, 3.05) is 11.4 Å². The van der Waals surface area contributed by atoms with Crippen LogP contribution in [0.15, 0.2) is 36.7 Å². The normalized spacial score (nSPS) is 24.6. The fourth-order valence-electron chi connectivity index (χ4n) is 4.43. The van der Waals surface area contributed by atoms with Gasteiger partial charge in [-0.2, -0.15) is 0 Å². The van der Waals surface area contributed by atoms with Crippen molar-refractivity contribution in [2.24, 2.45) is 5.41 Å². The molecule has 2 heterocycles. The molecular weight excluding hydrogens is 359 g/mol. The molecular formula is C21H23FN4O2. The highest BCUT2D eigenvalue weighted by Gasteiger charge is 2.50. The van der Waals surface area contributed by atoms with Crippen molar-refractivity contribution in [3.8, 4) is 0 Å². The lowest BCUT2D eigenvalue weighted by molar-refractivity contribution is -0.127. The molecule has 0 bridgehead atoms. The minimum absolute atomic E-state index is 0.0668. The molecule has 146 valence electrons. The quantitative estimate of drug-likeness (QED) is 0.885. The summed E-state index contributed by atoms with van der Waals surface area (Å²) in [6.45, 7) is 2.47. The first-order valence-corrected chi connectivity index (χ1v) is 9.64. The van der Waals surface area contributed by atoms with Crippen molar-refractivity contribution in [1.82, 2.24) is 15.3 Å². The van der Waals surface area contributed by atoms with Crippen LogP contribution in [0.25, 0.3) is 0 Å². The van der Waals surface area contributed by atoms with E-state index in [9.17, 15) is 14.0 Å². The molecule has 0 radical (unpaired) electrons. The number of rotatable bonds is 3. The molecule has 2 fully saturated rings. The van der Waals surface area contributed by atoms with Crippen molar-refractivity contribution in [1.29, 1.82) is 0 Å². The third kappa shape index (κ3) is 3.48. The molecule has 2 aliphatic rings. The van der Waals surface area contributed by atoms with Gasteiger partial charge in [-0.3, -0.25) is 19.5 Å². The zero-order chi connectivity index (χ0) is 19.7. The molecule has 28 heavy (non-hydrogen) atoms. The second-order valence-corrected chi connectivity index (χ2v) is 7.78. The van der Waals surface area contributed by atoms with Crippen molar-refractivity contribution < 1.29 is 14.0 Å². The average Bonchev–Trinajstić information content (AvgIpc) is 2.97. The molecule has 1 aromatic heterocycles. The third-order valence-electron chi connectivity index (χ3n) is 5.80. The molecule has 4 rings (SSSR count). The number of nitrogens with one attached hydrogen (secondary N) is 1. The van der Waals surface area contributed by atoms with Gasteiger partial charge in [0.2, 0.25) is 5.91 Å². The molecule has 2 atom stereocenters. The summed E-state index contributed by atoms with van der Waals surface area (Å²) in [5, 5.41) is 2.99. The highest BCUT2D eigenvalue weighted by Crippen LogP contribution is 2.45. The van der Waals surface area contributed by atoms with E-state index in [0.29, 0.717) is 24.3 Å². The van der Waals surface area contributed by atoms with Crippen molar-refractivity contribution in [3.05, 3.63) is 53.7 Å². The molecule has 0 unspecified atom stereocenters. The van der Waals surface area contributed by atoms with Gasteiger partial charge in [0, 0.05) is 24.3 Å². The molecule has 1 spiro atoms. The predicted octanol–water partition coefficient (Wildman–Crippen LogP) is 3.02. The summed E-state index contributed by atoms with van der Waals surface area (Å²) in [5.41, 5.74) is 0.605. The SMILES string of the molecule is Cc1cncc(N2CC[C@]3(CCC[C@H](NC(=O)c4cccc(F)c4)C3)C2=O)n1. The van der Waals surface area contributed by atoms with Crippen LogP contribution in [0.5, 0.6) is 0 Å². The van der Waals surface area contributed by atoms with Gasteiger partial charge in [0.1, 0.15) is 5.82 Å². The van der Waals surface area contributed by atoms with E-state index < -0.39 is 11.2 Å². The van der Waals surface area contributed by atoms with E-state index >= 15 is 0 Å². The van der Waals surface area contributed by atoms with Crippen LogP contribution in [0.1, 0.15) is 48.2 Å². The Bertz CT molecular complexity index is 919. The standard InChI is InChI=1S/C21H23FN4O2/c1-14-12-23-13-18(24-14)26-9-8-21(20(26)28)7-3-6-17(11-21)25-19(27)15-4-2-5-16(22)10-15/h2,4-5,10,12-13,17H,3,6-9,11H2,1H3,(H,25,27)/t17-,21-/m0/s1. The first-order valence-electron chi connectivity index (χ1n) is 9.64. The lowest BCUT2D eigenvalue weighted by atomic mass is 9.71. The summed E-state index contributed by atoms with van der Waals surface area (Å²) in [6, 6.07) is 5.56. The largest absolute Gasteiger partial charge is 0.349 e. The lowest BCUT2D eigenvalue weighted by Gasteiger charge is -2.36. The Balaban J connectivity index is 1.47. The highest BCUT2D eigenvalue weighted by molar-refractivity contribution is 5.99. The Morgan fingerprint density at radius 1 is 1.32 bits per heavy atom. The van der Waals surface area contributed by atoms with Crippen LogP contribution in [0.2, 0.25) is 0 Å². The van der Waals surface area contributed by atoms with Crippen LogP contribution in [0.4, 0.5) is 10.2 Å². The van der Waals surface area contributed by atoms with Crippen LogP contribution in [-0.2, 0) is 4.79 Å². The van der Waals surface area contributed by atoms with Crippen LogP contribution in [-0.4, -0.2) is 34.4 Å². The molecule has 1 saturated heterocycles. The molecule has 1 N–H and O–H groups in total. The molecule has 2 aromatic rings. The molecule has 1 aromatic carbocycles. The summed E-state index contributed by atoms with van der Waals surface area (Å²) < 4.78 is 13.4. The van der Waals surface area contributed by atoms with Crippen molar-refractivity contribution in [2.45, 2.75) is 45.1 Å². The minimum atomic E-state index is -0.469. The topological polar surface area (TPSA) is 75.2 Å². The first kappa shape index (κ1) is 18.5. The van der Waals surface area contributed by atoms with Crippen molar-refractivity contribution in [3.63, 3.8) is 0 Å².